The number of hydrogen-bond donors (Lipinski definition) is 5. The fourth-order valence-electron chi connectivity index (χ4n) is 5.82. The van der Waals surface area contributed by atoms with Crippen LogP contribution in [0.25, 0.3) is 33.4 Å². The van der Waals surface area contributed by atoms with E-state index in [2.05, 4.69) is 5.32 Å². The third-order valence-electron chi connectivity index (χ3n) is 8.88. The molecule has 7 rings (SSSR count). The van der Waals surface area contributed by atoms with Crippen molar-refractivity contribution < 1.29 is 74.3 Å². The van der Waals surface area contributed by atoms with Gasteiger partial charge in [-0.2, -0.15) is 13.2 Å². The quantitative estimate of drug-likeness (QED) is 0.0791. The van der Waals surface area contributed by atoms with Gasteiger partial charge in [0.05, 0.1) is 22.4 Å². The van der Waals surface area contributed by atoms with Crippen molar-refractivity contribution in [3.63, 3.8) is 0 Å². The van der Waals surface area contributed by atoms with Crippen LogP contribution in [0.2, 0.25) is 0 Å². The summed E-state index contributed by atoms with van der Waals surface area (Å²) in [7, 11) is 0. The van der Waals surface area contributed by atoms with E-state index in [0.29, 0.717) is 17.7 Å². The number of amides is 1. The van der Waals surface area contributed by atoms with E-state index in [0.717, 1.165) is 66.7 Å². The van der Waals surface area contributed by atoms with Gasteiger partial charge in [0.1, 0.15) is 57.7 Å². The van der Waals surface area contributed by atoms with Crippen molar-refractivity contribution in [1.82, 2.24) is 0 Å². The summed E-state index contributed by atoms with van der Waals surface area (Å²) in [6.07, 6.45) is -4.69. The first-order chi connectivity index (χ1) is 30.1. The molecule has 64 heavy (non-hydrogen) atoms. The molecule has 328 valence electrons. The second-order valence-corrected chi connectivity index (χ2v) is 13.5. The Morgan fingerprint density at radius 3 is 1.25 bits per heavy atom. The normalized spacial score (nSPS) is 10.8. The molecule has 0 aromatic heterocycles. The lowest BCUT2D eigenvalue weighted by atomic mass is 10.0. The Balaban J connectivity index is 0.000000188. The first-order valence-electron chi connectivity index (χ1n) is 17.9. The second kappa shape index (κ2) is 19.9. The molecule has 0 heterocycles. The van der Waals surface area contributed by atoms with Gasteiger partial charge in [-0.25, -0.2) is 31.1 Å². The zero-order valence-electron chi connectivity index (χ0n) is 32.0. The topological polar surface area (TPSA) is 144 Å². The van der Waals surface area contributed by atoms with Gasteiger partial charge in [-0.3, -0.25) is 9.59 Å². The van der Waals surface area contributed by atoms with Gasteiger partial charge in [0, 0.05) is 34.9 Å². The molecule has 0 spiro atoms. The summed E-state index contributed by atoms with van der Waals surface area (Å²) in [5.74, 6) is -8.18. The summed E-state index contributed by atoms with van der Waals surface area (Å²) in [5, 5.41) is 38.8. The molecule has 1 amide bonds. The molecule has 0 atom stereocenters. The van der Waals surface area contributed by atoms with E-state index < -0.39 is 80.9 Å². The van der Waals surface area contributed by atoms with Gasteiger partial charge in [0.15, 0.2) is 0 Å². The largest absolute Gasteiger partial charge is 0.507 e. The van der Waals surface area contributed by atoms with Gasteiger partial charge in [-0.1, -0.05) is 30.3 Å². The first-order valence-corrected chi connectivity index (χ1v) is 18.3. The molecule has 7 aromatic carbocycles. The molecule has 0 aliphatic heterocycles. The lowest BCUT2D eigenvalue weighted by Gasteiger charge is -2.14. The van der Waals surface area contributed by atoms with E-state index in [1.54, 1.807) is 0 Å². The molecule has 0 saturated carbocycles. The summed E-state index contributed by atoms with van der Waals surface area (Å²) in [4.78, 5) is 34.3. The maximum Gasteiger partial charge on any atom is 0.418 e. The average molecular weight is 912 g/mol. The van der Waals surface area contributed by atoms with E-state index in [4.69, 9.17) is 16.7 Å². The maximum absolute atomic E-state index is 14.0. The number of phenols is 3. The number of carboxylic acids is 1. The first kappa shape index (κ1) is 47.3. The second-order valence-electron chi connectivity index (χ2n) is 13.1. The van der Waals surface area contributed by atoms with Crippen LogP contribution in [0.15, 0.2) is 133 Å². The maximum atomic E-state index is 14.0. The van der Waals surface area contributed by atoms with Crippen molar-refractivity contribution in [2.24, 2.45) is 0 Å². The molecule has 8 nitrogen and oxygen atoms in total. The zero-order valence-corrected chi connectivity index (χ0v) is 32.8. The summed E-state index contributed by atoms with van der Waals surface area (Å²) in [6, 6.07) is 24.3. The van der Waals surface area contributed by atoms with Crippen LogP contribution in [-0.4, -0.2) is 37.5 Å². The Bertz CT molecular complexity index is 2800. The van der Waals surface area contributed by atoms with Crippen molar-refractivity contribution in [3.05, 3.63) is 191 Å². The third-order valence-corrected chi connectivity index (χ3v) is 9.09. The predicted molar refractivity (Wildman–Crippen MR) is 217 cm³/mol. The summed E-state index contributed by atoms with van der Waals surface area (Å²) < 4.78 is 119. The van der Waals surface area contributed by atoms with E-state index >= 15 is 0 Å². The van der Waals surface area contributed by atoms with Gasteiger partial charge < -0.3 is 25.7 Å². The molecule has 0 aliphatic rings. The monoisotopic (exact) mass is 911 g/mol. The van der Waals surface area contributed by atoms with Crippen LogP contribution in [0.3, 0.4) is 0 Å². The van der Waals surface area contributed by atoms with E-state index in [9.17, 15) is 69.2 Å². The minimum Gasteiger partial charge on any atom is -0.507 e. The van der Waals surface area contributed by atoms with E-state index in [1.165, 1.54) is 54.6 Å². The number of carboxylic acid groups (broad SMARTS) is 1. The van der Waals surface area contributed by atoms with Gasteiger partial charge in [0.25, 0.3) is 11.1 Å². The van der Waals surface area contributed by atoms with E-state index in [1.807, 2.05) is 0 Å². The van der Waals surface area contributed by atoms with Gasteiger partial charge in [-0.05, 0) is 113 Å². The molecule has 0 bridgehead atoms. The van der Waals surface area contributed by atoms with Crippen molar-refractivity contribution >= 4 is 34.4 Å². The van der Waals surface area contributed by atoms with Crippen molar-refractivity contribution in [1.29, 1.82) is 0 Å². The Labute approximate surface area is 360 Å². The number of para-hydroxylation sites is 1. The fourth-order valence-corrected chi connectivity index (χ4v) is 5.97. The van der Waals surface area contributed by atoms with Crippen LogP contribution in [0.1, 0.15) is 36.6 Å². The highest BCUT2D eigenvalue weighted by Crippen LogP contribution is 2.36. The fraction of sp³-hybridized carbons (Fsp3) is 0.0217. The summed E-state index contributed by atoms with van der Waals surface area (Å²) in [5.41, 5.74) is -1.49. The van der Waals surface area contributed by atoms with E-state index in [-0.39, 0.29) is 50.3 Å². The summed E-state index contributed by atoms with van der Waals surface area (Å²) >= 11 is 5.28. The van der Waals surface area contributed by atoms with Crippen LogP contribution in [0, 0.1) is 34.9 Å². The number of carbonyl (C=O) groups excluding carboxylic acids is 2. The number of aromatic hydroxyl groups is 3. The Kier molecular flexibility index (Phi) is 14.7. The minimum atomic E-state index is -4.69. The van der Waals surface area contributed by atoms with Crippen molar-refractivity contribution in [2.75, 3.05) is 5.32 Å². The number of alkyl halides is 3. The molecular formula is C46H27ClF9NO7. The smallest absolute Gasteiger partial charge is 0.418 e. The van der Waals surface area contributed by atoms with Crippen LogP contribution >= 0.6 is 11.6 Å². The number of benzene rings is 7. The Hall–Kier alpha value is -7.79. The number of hydrogen-bond acceptors (Lipinski definition) is 6. The Morgan fingerprint density at radius 1 is 0.484 bits per heavy atom. The highest BCUT2D eigenvalue weighted by atomic mass is 35.5. The summed E-state index contributed by atoms with van der Waals surface area (Å²) in [6.45, 7) is 0. The molecule has 18 heteroatoms. The highest BCUT2D eigenvalue weighted by Gasteiger charge is 2.34. The average Bonchev–Trinajstić information content (AvgIpc) is 3.22. The zero-order chi connectivity index (χ0) is 47.0. The number of nitrogens with one attached hydrogen (secondary N) is 1. The molecular weight excluding hydrogens is 885 g/mol. The van der Waals surface area contributed by atoms with Crippen LogP contribution in [0.5, 0.6) is 17.2 Å². The minimum absolute atomic E-state index is 0.0360. The van der Waals surface area contributed by atoms with Crippen molar-refractivity contribution in [2.45, 2.75) is 6.18 Å². The van der Waals surface area contributed by atoms with Crippen LogP contribution < -0.4 is 5.32 Å². The molecule has 0 unspecified atom stereocenters. The van der Waals surface area contributed by atoms with Crippen LogP contribution in [-0.2, 0) is 6.18 Å². The lowest BCUT2D eigenvalue weighted by molar-refractivity contribution is -0.136. The number of rotatable bonds is 7. The van der Waals surface area contributed by atoms with Gasteiger partial charge >= 0.3 is 12.1 Å². The predicted octanol–water partition coefficient (Wildman–Crippen LogP) is 12.4. The number of halogens is 10. The van der Waals surface area contributed by atoms with Gasteiger partial charge in [-0.15, -0.1) is 0 Å². The van der Waals surface area contributed by atoms with Gasteiger partial charge in [0.2, 0.25) is 0 Å². The number of carbonyl (C=O) groups is 3. The number of phenolic OH excluding ortho intramolecular Hbond substituents is 2. The molecule has 0 fully saturated rings. The van der Waals surface area contributed by atoms with Crippen molar-refractivity contribution in [3.8, 4) is 50.6 Å². The Morgan fingerprint density at radius 2 is 0.859 bits per heavy atom. The molecule has 7 aromatic rings. The third kappa shape index (κ3) is 11.6. The lowest BCUT2D eigenvalue weighted by Crippen LogP contribution is -2.16. The molecule has 5 N–H and O–H groups in total. The standard InChI is InChI=1S/C20H12F5NO2.C13H7ClF2O2.C13H8F2O3/c21-12-6-7-13(16(22)10-12)11-5-8-18(27)14(9-11)19(28)26-17-4-2-1-3-15(17)20(23,24)25;14-13(18)10-5-7(1-4-12(10)17)9-3-2-8(15)6-11(9)16;14-8-2-3-9(11(15)6-8)7-1-4-12(16)10(5-7)13(17)18/h1-10,27H,(H,26,28);1-6,17H;1-6,16H,(H,17,18). The SMILES string of the molecule is O=C(Cl)c1cc(-c2ccc(F)cc2F)ccc1O.O=C(Nc1ccccc1C(F)(F)F)c1cc(-c2ccc(F)cc2F)ccc1O.O=C(O)c1cc(-c2ccc(F)cc2F)ccc1O. The number of anilines is 1. The van der Waals surface area contributed by atoms with Crippen LogP contribution in [0.4, 0.5) is 45.2 Å². The molecule has 0 saturated heterocycles. The molecule has 0 aliphatic carbocycles. The molecule has 0 radical (unpaired) electrons. The number of aromatic carboxylic acids is 1. The highest BCUT2D eigenvalue weighted by molar-refractivity contribution is 6.68.